The summed E-state index contributed by atoms with van der Waals surface area (Å²) >= 11 is 1.20. The fourth-order valence-corrected chi connectivity index (χ4v) is 4.45. The summed E-state index contributed by atoms with van der Waals surface area (Å²) in [6.45, 7) is 2.49. The second kappa shape index (κ2) is 8.67. The molecule has 3 heterocycles. The van der Waals surface area contributed by atoms with Crippen LogP contribution >= 0.6 is 11.3 Å². The highest BCUT2D eigenvalue weighted by Crippen LogP contribution is 2.29. The van der Waals surface area contributed by atoms with Crippen LogP contribution in [0.15, 0.2) is 35.3 Å². The Balaban J connectivity index is 1.70. The lowest BCUT2D eigenvalue weighted by Crippen LogP contribution is -2.59. The van der Waals surface area contributed by atoms with Crippen LogP contribution in [0.2, 0.25) is 0 Å². The van der Waals surface area contributed by atoms with E-state index in [2.05, 4.69) is 10.2 Å². The van der Waals surface area contributed by atoms with E-state index in [-0.39, 0.29) is 23.2 Å². The van der Waals surface area contributed by atoms with Crippen LogP contribution in [0.5, 0.6) is 5.75 Å². The van der Waals surface area contributed by atoms with Crippen LogP contribution in [0.1, 0.15) is 28.0 Å². The predicted octanol–water partition coefficient (Wildman–Crippen LogP) is 1.82. The summed E-state index contributed by atoms with van der Waals surface area (Å²) in [5.74, 6) is -1.41. The van der Waals surface area contributed by atoms with Crippen LogP contribution in [0.3, 0.4) is 0 Å². The van der Waals surface area contributed by atoms with Crippen molar-refractivity contribution in [3.8, 4) is 16.3 Å². The summed E-state index contributed by atoms with van der Waals surface area (Å²) in [4.78, 5) is 27.5. The molecule has 1 aliphatic heterocycles. The van der Waals surface area contributed by atoms with Crippen LogP contribution in [-0.4, -0.2) is 64.3 Å². The number of hydrogen-bond acceptors (Lipinski definition) is 8. The zero-order valence-corrected chi connectivity index (χ0v) is 18.6. The van der Waals surface area contributed by atoms with E-state index in [9.17, 15) is 19.1 Å². The smallest absolute Gasteiger partial charge is 0.278 e. The van der Waals surface area contributed by atoms with Gasteiger partial charge in [-0.25, -0.2) is 4.39 Å². The second-order valence-corrected chi connectivity index (χ2v) is 8.48. The predicted molar refractivity (Wildman–Crippen MR) is 117 cm³/mol. The molecule has 1 aliphatic rings. The summed E-state index contributed by atoms with van der Waals surface area (Å²) in [5, 5.41) is 21.6. The summed E-state index contributed by atoms with van der Waals surface area (Å²) in [6.07, 6.45) is 1.60. The summed E-state index contributed by atoms with van der Waals surface area (Å²) in [5.41, 5.74) is 0.205. The van der Waals surface area contributed by atoms with E-state index in [0.717, 1.165) is 5.56 Å². The van der Waals surface area contributed by atoms with E-state index in [0.29, 0.717) is 29.6 Å². The molecule has 168 valence electrons. The number of methoxy groups -OCH3 is 1. The summed E-state index contributed by atoms with van der Waals surface area (Å²) in [7, 11) is 3.30. The monoisotopic (exact) mass is 459 g/mol. The van der Waals surface area contributed by atoms with Crippen LogP contribution in [-0.2, 0) is 11.2 Å². The molecule has 0 saturated carbocycles. The van der Waals surface area contributed by atoms with Crippen LogP contribution < -0.4 is 10.4 Å². The van der Waals surface area contributed by atoms with Gasteiger partial charge >= 0.3 is 0 Å². The molecule has 0 bridgehead atoms. The molecule has 2 aromatic heterocycles. The highest BCUT2D eigenvalue weighted by Gasteiger charge is 2.36. The van der Waals surface area contributed by atoms with Gasteiger partial charge in [-0.15, -0.1) is 10.2 Å². The molecule has 3 aromatic rings. The first-order chi connectivity index (χ1) is 15.3. The largest absolute Gasteiger partial charge is 0.502 e. The molecule has 4 rings (SSSR count). The number of aromatic nitrogens is 3. The standard InChI is InChI=1S/C21H22FN5O4S/c1-12-25(2)27-11-15(18(28)19(29)17(27)21(30)26(12)8-9-31-3)20-24-23-16(32-20)10-13-4-6-14(22)7-5-13/h4-7,11-12,29H,8-10H2,1-3H3. The van der Waals surface area contributed by atoms with Gasteiger partial charge in [0.1, 0.15) is 17.0 Å². The minimum Gasteiger partial charge on any atom is -0.502 e. The first-order valence-electron chi connectivity index (χ1n) is 9.90. The van der Waals surface area contributed by atoms with Gasteiger partial charge in [0.05, 0.1) is 12.2 Å². The van der Waals surface area contributed by atoms with E-state index in [1.165, 1.54) is 46.4 Å². The molecular weight excluding hydrogens is 437 g/mol. The van der Waals surface area contributed by atoms with Gasteiger partial charge in [-0.05, 0) is 24.6 Å². The number of ether oxygens (including phenoxy) is 1. The van der Waals surface area contributed by atoms with Gasteiger partial charge < -0.3 is 14.7 Å². The lowest BCUT2D eigenvalue weighted by Gasteiger charge is -2.43. The third-order valence-electron chi connectivity index (χ3n) is 5.46. The van der Waals surface area contributed by atoms with Gasteiger partial charge in [-0.1, -0.05) is 23.5 Å². The Morgan fingerprint density at radius 1 is 1.22 bits per heavy atom. The van der Waals surface area contributed by atoms with Crippen molar-refractivity contribution in [3.05, 3.63) is 62.8 Å². The fraction of sp³-hybridized carbons (Fsp3) is 0.333. The van der Waals surface area contributed by atoms with Crippen molar-refractivity contribution in [1.82, 2.24) is 19.8 Å². The molecule has 0 saturated heterocycles. The molecule has 1 aromatic carbocycles. The first kappa shape index (κ1) is 21.9. The van der Waals surface area contributed by atoms with Crippen LogP contribution in [0.4, 0.5) is 4.39 Å². The maximum absolute atomic E-state index is 13.1. The minimum absolute atomic E-state index is 0.105. The first-order valence-corrected chi connectivity index (χ1v) is 10.7. The van der Waals surface area contributed by atoms with Gasteiger partial charge in [0.2, 0.25) is 5.43 Å². The van der Waals surface area contributed by atoms with Crippen molar-refractivity contribution < 1.29 is 19.0 Å². The highest BCUT2D eigenvalue weighted by molar-refractivity contribution is 7.14. The average molecular weight is 460 g/mol. The molecule has 1 N–H and O–H groups in total. The van der Waals surface area contributed by atoms with Gasteiger partial charge in [0, 0.05) is 33.3 Å². The number of carbonyl (C=O) groups excluding carboxylic acids is 1. The molecule has 1 amide bonds. The topological polar surface area (TPSA) is 101 Å². The van der Waals surface area contributed by atoms with E-state index in [4.69, 9.17) is 4.74 Å². The SMILES string of the molecule is COCCN1C(=O)c2c(O)c(=O)c(-c3nnc(Cc4ccc(F)cc4)s3)cn2N(C)C1C. The number of halogens is 1. The van der Waals surface area contributed by atoms with E-state index in [1.54, 1.807) is 24.2 Å². The third-order valence-corrected chi connectivity index (χ3v) is 6.42. The van der Waals surface area contributed by atoms with E-state index >= 15 is 0 Å². The molecule has 1 atom stereocenters. The molecular formula is C21H22FN5O4S. The highest BCUT2D eigenvalue weighted by atomic mass is 32.1. The lowest BCUT2D eigenvalue weighted by atomic mass is 10.1. The van der Waals surface area contributed by atoms with Crippen LogP contribution in [0, 0.1) is 5.82 Å². The number of rotatable bonds is 6. The fourth-order valence-electron chi connectivity index (χ4n) is 3.57. The molecule has 1 unspecified atom stereocenters. The lowest BCUT2D eigenvalue weighted by molar-refractivity contribution is 0.0522. The number of aromatic hydroxyl groups is 1. The van der Waals surface area contributed by atoms with Gasteiger partial charge in [-0.3, -0.25) is 19.3 Å². The second-order valence-electron chi connectivity index (χ2n) is 7.41. The molecule has 0 radical (unpaired) electrons. The Morgan fingerprint density at radius 2 is 1.94 bits per heavy atom. The van der Waals surface area contributed by atoms with E-state index in [1.807, 2.05) is 6.92 Å². The number of hydrogen-bond donors (Lipinski definition) is 1. The van der Waals surface area contributed by atoms with Crippen molar-refractivity contribution in [3.63, 3.8) is 0 Å². The zero-order chi connectivity index (χ0) is 23.0. The number of carbonyl (C=O) groups is 1. The van der Waals surface area contributed by atoms with Crippen LogP contribution in [0.25, 0.3) is 10.6 Å². The third kappa shape index (κ3) is 3.84. The van der Waals surface area contributed by atoms with Crippen molar-refractivity contribution >= 4 is 17.2 Å². The summed E-state index contributed by atoms with van der Waals surface area (Å²) < 4.78 is 19.7. The number of fused-ring (bicyclic) bond motifs is 1. The molecule has 0 spiro atoms. The number of nitrogens with zero attached hydrogens (tertiary/aromatic N) is 5. The van der Waals surface area contributed by atoms with Crippen molar-refractivity contribution in [2.24, 2.45) is 0 Å². The van der Waals surface area contributed by atoms with Crippen molar-refractivity contribution in [1.29, 1.82) is 0 Å². The quantitative estimate of drug-likeness (QED) is 0.600. The Kier molecular flexibility index (Phi) is 5.94. The van der Waals surface area contributed by atoms with E-state index < -0.39 is 17.1 Å². The van der Waals surface area contributed by atoms with Gasteiger partial charge in [-0.2, -0.15) is 0 Å². The average Bonchev–Trinajstić information content (AvgIpc) is 3.23. The van der Waals surface area contributed by atoms with Gasteiger partial charge in [0.15, 0.2) is 16.5 Å². The molecule has 9 nitrogen and oxygen atoms in total. The molecule has 11 heteroatoms. The molecule has 0 aliphatic carbocycles. The Bertz CT molecular complexity index is 1210. The number of amides is 1. The maximum Gasteiger partial charge on any atom is 0.278 e. The van der Waals surface area contributed by atoms with Crippen molar-refractivity contribution in [2.75, 3.05) is 32.3 Å². The molecule has 0 fully saturated rings. The number of pyridine rings is 1. The Hall–Kier alpha value is -3.31. The zero-order valence-electron chi connectivity index (χ0n) is 17.8. The minimum atomic E-state index is -0.691. The normalized spacial score (nSPS) is 15.9. The molecule has 32 heavy (non-hydrogen) atoms. The number of benzene rings is 1. The van der Waals surface area contributed by atoms with Gasteiger partial charge in [0.25, 0.3) is 5.91 Å². The Labute approximate surface area is 187 Å². The van der Waals surface area contributed by atoms with Crippen molar-refractivity contribution in [2.45, 2.75) is 19.5 Å². The maximum atomic E-state index is 13.1. The Morgan fingerprint density at radius 3 is 2.62 bits per heavy atom. The summed E-state index contributed by atoms with van der Waals surface area (Å²) in [6, 6.07) is 6.06.